The van der Waals surface area contributed by atoms with Crippen LogP contribution in [0.4, 0.5) is 0 Å². The van der Waals surface area contributed by atoms with E-state index < -0.39 is 12.2 Å². The molecule has 8 nitrogen and oxygen atoms in total. The SMILES string of the molecule is C=CCc1ccc(OC[C@@H](Oc2ccc(CC=C)cc2OC)[C@@H](Oc2ccc(CC=C)cc2OC)c2ccc(O)c(OC)c2)c(OC)c1. The molecule has 2 atom stereocenters. The molecule has 48 heavy (non-hydrogen) atoms. The maximum atomic E-state index is 10.5. The molecule has 0 aliphatic carbocycles. The average molecular weight is 653 g/mol. The van der Waals surface area contributed by atoms with Crippen LogP contribution in [0.5, 0.6) is 46.0 Å². The smallest absolute Gasteiger partial charge is 0.174 e. The fourth-order valence-corrected chi connectivity index (χ4v) is 5.22. The van der Waals surface area contributed by atoms with Crippen molar-refractivity contribution >= 4 is 0 Å². The van der Waals surface area contributed by atoms with Gasteiger partial charge in [0.1, 0.15) is 6.61 Å². The number of methoxy groups -OCH3 is 4. The van der Waals surface area contributed by atoms with E-state index in [1.54, 1.807) is 39.5 Å². The first-order chi connectivity index (χ1) is 23.4. The molecule has 1 N–H and O–H groups in total. The highest BCUT2D eigenvalue weighted by Gasteiger charge is 2.31. The van der Waals surface area contributed by atoms with E-state index in [1.807, 2.05) is 72.8 Å². The predicted octanol–water partition coefficient (Wildman–Crippen LogP) is 8.26. The van der Waals surface area contributed by atoms with Gasteiger partial charge in [0.15, 0.2) is 58.2 Å². The largest absolute Gasteiger partial charge is 0.504 e. The van der Waals surface area contributed by atoms with Gasteiger partial charge in [-0.1, -0.05) is 42.5 Å². The highest BCUT2D eigenvalue weighted by atomic mass is 16.6. The molecule has 0 unspecified atom stereocenters. The molecule has 252 valence electrons. The Morgan fingerprint density at radius 3 is 1.48 bits per heavy atom. The molecule has 0 amide bonds. The Bertz CT molecular complexity index is 1700. The topological polar surface area (TPSA) is 84.8 Å². The monoisotopic (exact) mass is 652 g/mol. The molecule has 0 radical (unpaired) electrons. The maximum absolute atomic E-state index is 10.5. The average Bonchev–Trinajstić information content (AvgIpc) is 3.11. The summed E-state index contributed by atoms with van der Waals surface area (Å²) < 4.78 is 42.6. The molecule has 0 saturated heterocycles. The molecule has 0 bridgehead atoms. The van der Waals surface area contributed by atoms with Crippen molar-refractivity contribution in [3.05, 3.63) is 133 Å². The Kier molecular flexibility index (Phi) is 12.8. The molecular formula is C40H44O8. The fourth-order valence-electron chi connectivity index (χ4n) is 5.22. The third-order valence-corrected chi connectivity index (χ3v) is 7.63. The summed E-state index contributed by atoms with van der Waals surface area (Å²) in [5.74, 6) is 3.41. The first-order valence-electron chi connectivity index (χ1n) is 15.5. The van der Waals surface area contributed by atoms with E-state index in [0.717, 1.165) is 16.7 Å². The standard InChI is InChI=1S/C40H44O8/c1-8-11-27-14-19-32(36(22-27)43-5)46-26-39(47-33-20-15-28(12-9-2)23-37(33)44-6)40(30-17-18-31(41)35(25-30)42-4)48-34-21-16-29(13-10-3)24-38(34)45-7/h8-10,14-25,39-41H,1-3,11-13,26H2,4-7H3/t39-,40+/m1/s1. The number of ether oxygens (including phenoxy) is 7. The van der Waals surface area contributed by atoms with Gasteiger partial charge >= 0.3 is 0 Å². The summed E-state index contributed by atoms with van der Waals surface area (Å²) in [4.78, 5) is 0. The Balaban J connectivity index is 1.83. The Hall–Kier alpha value is -5.50. The van der Waals surface area contributed by atoms with Crippen LogP contribution in [-0.2, 0) is 19.3 Å². The molecule has 4 aromatic rings. The van der Waals surface area contributed by atoms with Crippen LogP contribution in [0.25, 0.3) is 0 Å². The van der Waals surface area contributed by atoms with Crippen molar-refractivity contribution in [3.63, 3.8) is 0 Å². The van der Waals surface area contributed by atoms with Crippen LogP contribution in [0, 0.1) is 0 Å². The second-order valence-electron chi connectivity index (χ2n) is 10.9. The van der Waals surface area contributed by atoms with Gasteiger partial charge in [0, 0.05) is 5.56 Å². The van der Waals surface area contributed by atoms with Crippen molar-refractivity contribution in [1.29, 1.82) is 0 Å². The van der Waals surface area contributed by atoms with Gasteiger partial charge in [-0.15, -0.1) is 19.7 Å². The number of aromatic hydroxyl groups is 1. The van der Waals surface area contributed by atoms with E-state index in [9.17, 15) is 5.11 Å². The third-order valence-electron chi connectivity index (χ3n) is 7.63. The summed E-state index contributed by atoms with van der Waals surface area (Å²) in [6.45, 7) is 11.6. The van der Waals surface area contributed by atoms with Crippen LogP contribution in [0.2, 0.25) is 0 Å². The number of phenols is 1. The van der Waals surface area contributed by atoms with Crippen molar-refractivity contribution in [2.45, 2.75) is 31.5 Å². The zero-order valence-corrected chi connectivity index (χ0v) is 28.1. The van der Waals surface area contributed by atoms with Gasteiger partial charge in [0.25, 0.3) is 0 Å². The number of rotatable bonds is 19. The Labute approximate surface area is 283 Å². The van der Waals surface area contributed by atoms with Crippen molar-refractivity contribution in [2.24, 2.45) is 0 Å². The lowest BCUT2D eigenvalue weighted by atomic mass is 10.0. The zero-order valence-electron chi connectivity index (χ0n) is 28.1. The van der Waals surface area contributed by atoms with Crippen LogP contribution in [0.3, 0.4) is 0 Å². The number of hydrogen-bond acceptors (Lipinski definition) is 8. The van der Waals surface area contributed by atoms with Gasteiger partial charge in [-0.2, -0.15) is 0 Å². The maximum Gasteiger partial charge on any atom is 0.174 e. The molecule has 0 saturated carbocycles. The Morgan fingerprint density at radius 2 is 1.00 bits per heavy atom. The number of hydrogen-bond donors (Lipinski definition) is 1. The minimum Gasteiger partial charge on any atom is -0.504 e. The van der Waals surface area contributed by atoms with E-state index in [2.05, 4.69) is 19.7 Å². The zero-order chi connectivity index (χ0) is 34.5. The van der Waals surface area contributed by atoms with E-state index in [4.69, 9.17) is 33.2 Å². The van der Waals surface area contributed by atoms with E-state index in [-0.39, 0.29) is 18.1 Å². The minimum absolute atomic E-state index is 0.0103. The van der Waals surface area contributed by atoms with E-state index >= 15 is 0 Å². The lowest BCUT2D eigenvalue weighted by Crippen LogP contribution is -2.35. The molecule has 0 aliphatic rings. The van der Waals surface area contributed by atoms with Gasteiger partial charge in [-0.3, -0.25) is 0 Å². The third kappa shape index (κ3) is 8.85. The van der Waals surface area contributed by atoms with Crippen LogP contribution < -0.4 is 33.2 Å². The first-order valence-corrected chi connectivity index (χ1v) is 15.5. The van der Waals surface area contributed by atoms with Gasteiger partial charge in [-0.25, -0.2) is 0 Å². The van der Waals surface area contributed by atoms with Crippen molar-refractivity contribution < 1.29 is 38.3 Å². The predicted molar refractivity (Wildman–Crippen MR) is 189 cm³/mol. The van der Waals surface area contributed by atoms with Crippen LogP contribution >= 0.6 is 0 Å². The molecule has 0 fully saturated rings. The summed E-state index contributed by atoms with van der Waals surface area (Å²) in [5.41, 5.74) is 3.73. The van der Waals surface area contributed by atoms with Gasteiger partial charge in [0.2, 0.25) is 0 Å². The second-order valence-corrected chi connectivity index (χ2v) is 10.9. The normalized spacial score (nSPS) is 11.8. The number of phenolic OH excluding ortho intramolecular Hbond substituents is 1. The Morgan fingerprint density at radius 1 is 0.542 bits per heavy atom. The summed E-state index contributed by atoms with van der Waals surface area (Å²) in [6.07, 6.45) is 5.93. The quantitative estimate of drug-likeness (QED) is 0.101. The van der Waals surface area contributed by atoms with Crippen molar-refractivity contribution in [3.8, 4) is 46.0 Å². The molecule has 0 heterocycles. The summed E-state index contributed by atoms with van der Waals surface area (Å²) >= 11 is 0. The van der Waals surface area contributed by atoms with Crippen LogP contribution in [0.15, 0.2) is 111 Å². The van der Waals surface area contributed by atoms with Gasteiger partial charge in [0.05, 0.1) is 28.4 Å². The van der Waals surface area contributed by atoms with E-state index in [1.165, 1.54) is 7.11 Å². The molecule has 4 aromatic carbocycles. The minimum atomic E-state index is -0.803. The molecule has 8 heteroatoms. The fraction of sp³-hybridized carbons (Fsp3) is 0.250. The second kappa shape index (κ2) is 17.4. The number of benzene rings is 4. The van der Waals surface area contributed by atoms with Gasteiger partial charge in [-0.05, 0) is 84.5 Å². The molecule has 0 aliphatic heterocycles. The summed E-state index contributed by atoms with van der Waals surface area (Å²) in [6, 6.07) is 22.2. The van der Waals surface area contributed by atoms with Crippen LogP contribution in [0.1, 0.15) is 28.4 Å². The number of allylic oxidation sites excluding steroid dienone is 3. The van der Waals surface area contributed by atoms with E-state index in [0.29, 0.717) is 59.3 Å². The summed E-state index contributed by atoms with van der Waals surface area (Å²) in [5, 5.41) is 10.5. The first kappa shape index (κ1) is 35.4. The van der Waals surface area contributed by atoms with Crippen molar-refractivity contribution in [1.82, 2.24) is 0 Å². The highest BCUT2D eigenvalue weighted by molar-refractivity contribution is 5.48. The van der Waals surface area contributed by atoms with Crippen molar-refractivity contribution in [2.75, 3.05) is 35.0 Å². The summed E-state index contributed by atoms with van der Waals surface area (Å²) in [7, 11) is 6.27. The lowest BCUT2D eigenvalue weighted by molar-refractivity contribution is 0.0183. The highest BCUT2D eigenvalue weighted by Crippen LogP contribution is 2.39. The van der Waals surface area contributed by atoms with Crippen LogP contribution in [-0.4, -0.2) is 46.3 Å². The molecular weight excluding hydrogens is 608 g/mol. The molecule has 0 spiro atoms. The molecule has 4 rings (SSSR count). The molecule has 0 aromatic heterocycles. The lowest BCUT2D eigenvalue weighted by Gasteiger charge is -2.30. The van der Waals surface area contributed by atoms with Gasteiger partial charge < -0.3 is 38.3 Å².